The molecule has 3 aromatic rings. The van der Waals surface area contributed by atoms with E-state index in [0.717, 1.165) is 43.9 Å². The summed E-state index contributed by atoms with van der Waals surface area (Å²) >= 11 is 0. The standard InChI is InChI=1S/C24H31N5O5S/c1-18(19(2)34-35(4,31)32)29-24(30)28(17-25-29)22-7-5-20(6-8-22)26-13-15-27(16-14-26)21-9-11-23(33-3)12-10-21/h5-12,17-19H,13-16H2,1-4H3/t18-,19-/m0/s1. The van der Waals surface area contributed by atoms with Crippen molar-refractivity contribution in [3.63, 3.8) is 0 Å². The van der Waals surface area contributed by atoms with Gasteiger partial charge in [-0.05, 0) is 62.4 Å². The largest absolute Gasteiger partial charge is 0.497 e. The van der Waals surface area contributed by atoms with Crippen LogP contribution in [0, 0.1) is 0 Å². The average Bonchev–Trinajstić information content (AvgIpc) is 3.24. The normalized spacial score (nSPS) is 16.2. The lowest BCUT2D eigenvalue weighted by molar-refractivity contribution is 0.163. The van der Waals surface area contributed by atoms with Crippen molar-refractivity contribution in [2.24, 2.45) is 0 Å². The van der Waals surface area contributed by atoms with Gasteiger partial charge in [0.1, 0.15) is 12.1 Å². The topological polar surface area (TPSA) is 98.9 Å². The van der Waals surface area contributed by atoms with E-state index in [2.05, 4.69) is 27.0 Å². The molecule has 1 saturated heterocycles. The SMILES string of the molecule is COc1ccc(N2CCN(c3ccc(-n4cnn([C@@H](C)[C@H](C)OS(C)(=O)=O)c4=O)cc3)CC2)cc1. The third-order valence-electron chi connectivity index (χ3n) is 6.30. The Labute approximate surface area is 205 Å². The summed E-state index contributed by atoms with van der Waals surface area (Å²) in [5.74, 6) is 0.850. The van der Waals surface area contributed by atoms with Crippen molar-refractivity contribution in [3.05, 3.63) is 65.3 Å². The lowest BCUT2D eigenvalue weighted by Gasteiger charge is -2.37. The summed E-state index contributed by atoms with van der Waals surface area (Å²) in [4.78, 5) is 17.6. The monoisotopic (exact) mass is 501 g/mol. The fourth-order valence-corrected chi connectivity index (χ4v) is 4.88. The zero-order valence-corrected chi connectivity index (χ0v) is 21.2. The third-order valence-corrected chi connectivity index (χ3v) is 6.95. The van der Waals surface area contributed by atoms with Gasteiger partial charge in [0.2, 0.25) is 0 Å². The molecule has 1 aliphatic heterocycles. The van der Waals surface area contributed by atoms with Gasteiger partial charge in [0.15, 0.2) is 0 Å². The molecule has 0 aliphatic carbocycles. The van der Waals surface area contributed by atoms with Crippen LogP contribution in [0.3, 0.4) is 0 Å². The number of rotatable bonds is 8. The van der Waals surface area contributed by atoms with Gasteiger partial charge < -0.3 is 14.5 Å². The van der Waals surface area contributed by atoms with E-state index in [0.29, 0.717) is 5.69 Å². The van der Waals surface area contributed by atoms with Crippen molar-refractivity contribution in [2.45, 2.75) is 26.0 Å². The van der Waals surface area contributed by atoms with Crippen LogP contribution in [0.5, 0.6) is 5.75 Å². The van der Waals surface area contributed by atoms with Crippen LogP contribution in [0.25, 0.3) is 5.69 Å². The summed E-state index contributed by atoms with van der Waals surface area (Å²) < 4.78 is 35.8. The number of hydrogen-bond acceptors (Lipinski definition) is 8. The lowest BCUT2D eigenvalue weighted by Crippen LogP contribution is -2.46. The first-order chi connectivity index (χ1) is 16.7. The number of ether oxygens (including phenoxy) is 1. The molecule has 1 fully saturated rings. The first kappa shape index (κ1) is 24.8. The van der Waals surface area contributed by atoms with Crippen molar-refractivity contribution in [1.29, 1.82) is 0 Å². The van der Waals surface area contributed by atoms with E-state index in [1.807, 2.05) is 36.4 Å². The highest BCUT2D eigenvalue weighted by Crippen LogP contribution is 2.23. The van der Waals surface area contributed by atoms with Crippen LogP contribution in [-0.4, -0.2) is 68.4 Å². The Hall–Kier alpha value is -3.31. The molecule has 4 rings (SSSR count). The third kappa shape index (κ3) is 5.68. The van der Waals surface area contributed by atoms with Crippen LogP contribution in [0.4, 0.5) is 11.4 Å². The van der Waals surface area contributed by atoms with Crippen LogP contribution in [-0.2, 0) is 14.3 Å². The molecule has 2 heterocycles. The molecule has 0 N–H and O–H groups in total. The van der Waals surface area contributed by atoms with Crippen molar-refractivity contribution < 1.29 is 17.3 Å². The molecule has 2 aromatic carbocycles. The van der Waals surface area contributed by atoms with Gasteiger partial charge in [0.25, 0.3) is 10.1 Å². The van der Waals surface area contributed by atoms with Crippen LogP contribution >= 0.6 is 0 Å². The minimum atomic E-state index is -3.64. The van der Waals surface area contributed by atoms with E-state index < -0.39 is 22.3 Å². The summed E-state index contributed by atoms with van der Waals surface area (Å²) in [7, 11) is -1.97. The molecule has 0 amide bonds. The van der Waals surface area contributed by atoms with Gasteiger partial charge in [-0.1, -0.05) is 0 Å². The molecule has 1 aliphatic rings. The molecule has 10 nitrogen and oxygen atoms in total. The predicted octanol–water partition coefficient (Wildman–Crippen LogP) is 2.29. The highest BCUT2D eigenvalue weighted by molar-refractivity contribution is 7.86. The van der Waals surface area contributed by atoms with Crippen molar-refractivity contribution in [2.75, 3.05) is 49.3 Å². The number of benzene rings is 2. The summed E-state index contributed by atoms with van der Waals surface area (Å²) in [6.45, 7) is 6.89. The number of hydrogen-bond donors (Lipinski definition) is 0. The Kier molecular flexibility index (Phi) is 7.18. The van der Waals surface area contributed by atoms with Crippen LogP contribution in [0.2, 0.25) is 0 Å². The van der Waals surface area contributed by atoms with Gasteiger partial charge in [0, 0.05) is 37.6 Å². The molecule has 0 saturated carbocycles. The molecule has 2 atom stereocenters. The number of methoxy groups -OCH3 is 1. The second-order valence-corrected chi connectivity index (χ2v) is 10.3. The van der Waals surface area contributed by atoms with Crippen molar-refractivity contribution >= 4 is 21.5 Å². The van der Waals surface area contributed by atoms with Gasteiger partial charge in [-0.3, -0.25) is 4.18 Å². The van der Waals surface area contributed by atoms with Gasteiger partial charge in [-0.25, -0.2) is 14.0 Å². The molecule has 0 radical (unpaired) electrons. The Balaban J connectivity index is 1.41. The summed E-state index contributed by atoms with van der Waals surface area (Å²) in [6, 6.07) is 15.3. The predicted molar refractivity (Wildman–Crippen MR) is 135 cm³/mol. The number of anilines is 2. The lowest BCUT2D eigenvalue weighted by atomic mass is 10.2. The highest BCUT2D eigenvalue weighted by atomic mass is 32.2. The molecule has 0 bridgehead atoms. The maximum atomic E-state index is 12.9. The van der Waals surface area contributed by atoms with E-state index >= 15 is 0 Å². The quantitative estimate of drug-likeness (QED) is 0.434. The fraction of sp³-hybridized carbons (Fsp3) is 0.417. The number of aromatic nitrogens is 3. The van der Waals surface area contributed by atoms with Gasteiger partial charge in [-0.2, -0.15) is 13.5 Å². The number of nitrogens with zero attached hydrogens (tertiary/aromatic N) is 5. The molecule has 0 unspecified atom stereocenters. The minimum absolute atomic E-state index is 0.359. The van der Waals surface area contributed by atoms with E-state index in [4.69, 9.17) is 8.92 Å². The zero-order valence-electron chi connectivity index (χ0n) is 20.4. The maximum Gasteiger partial charge on any atom is 0.350 e. The Morgan fingerprint density at radius 3 is 1.83 bits per heavy atom. The smallest absolute Gasteiger partial charge is 0.350 e. The molecular formula is C24H31N5O5S. The molecule has 11 heteroatoms. The van der Waals surface area contributed by atoms with E-state index in [9.17, 15) is 13.2 Å². The molecule has 1 aromatic heterocycles. The van der Waals surface area contributed by atoms with Crippen LogP contribution in [0.15, 0.2) is 59.7 Å². The van der Waals surface area contributed by atoms with Crippen LogP contribution in [0.1, 0.15) is 19.9 Å². The number of piperazine rings is 1. The van der Waals surface area contributed by atoms with E-state index in [1.54, 1.807) is 21.0 Å². The highest BCUT2D eigenvalue weighted by Gasteiger charge is 2.23. The van der Waals surface area contributed by atoms with E-state index in [-0.39, 0.29) is 5.69 Å². The molecular weight excluding hydrogens is 470 g/mol. The first-order valence-electron chi connectivity index (χ1n) is 11.4. The minimum Gasteiger partial charge on any atom is -0.497 e. The molecule has 35 heavy (non-hydrogen) atoms. The zero-order chi connectivity index (χ0) is 25.2. The Morgan fingerprint density at radius 1 is 0.857 bits per heavy atom. The van der Waals surface area contributed by atoms with Gasteiger partial charge >= 0.3 is 5.69 Å². The fourth-order valence-electron chi connectivity index (χ4n) is 4.17. The second-order valence-electron chi connectivity index (χ2n) is 8.66. The molecule has 188 valence electrons. The summed E-state index contributed by atoms with van der Waals surface area (Å²) in [5.41, 5.74) is 2.60. The average molecular weight is 502 g/mol. The summed E-state index contributed by atoms with van der Waals surface area (Å²) in [5, 5.41) is 4.17. The Bertz CT molecular complexity index is 1290. The summed E-state index contributed by atoms with van der Waals surface area (Å²) in [6.07, 6.45) is 1.69. The van der Waals surface area contributed by atoms with Crippen LogP contribution < -0.4 is 20.2 Å². The van der Waals surface area contributed by atoms with Crippen molar-refractivity contribution in [1.82, 2.24) is 14.3 Å². The van der Waals surface area contributed by atoms with E-state index in [1.165, 1.54) is 21.3 Å². The maximum absolute atomic E-state index is 12.9. The second kappa shape index (κ2) is 10.1. The van der Waals surface area contributed by atoms with Gasteiger partial charge in [-0.15, -0.1) is 0 Å². The first-order valence-corrected chi connectivity index (χ1v) is 13.3. The Morgan fingerprint density at radius 2 is 1.34 bits per heavy atom. The van der Waals surface area contributed by atoms with Crippen molar-refractivity contribution in [3.8, 4) is 11.4 Å². The molecule has 0 spiro atoms. The van der Waals surface area contributed by atoms with Gasteiger partial charge in [0.05, 0.1) is 31.2 Å².